The van der Waals surface area contributed by atoms with Gasteiger partial charge in [-0.05, 0) is 37.6 Å². The Hall–Kier alpha value is -2.30. The fraction of sp³-hybridized carbons (Fsp3) is 0.231. The molecule has 1 rings (SSSR count). The van der Waals surface area contributed by atoms with Crippen molar-refractivity contribution >= 4 is 18.0 Å². The van der Waals surface area contributed by atoms with Crippen LogP contribution in [-0.4, -0.2) is 28.3 Å². The Morgan fingerprint density at radius 2 is 1.61 bits per heavy atom. The average Bonchev–Trinajstić information content (AvgIpc) is 2.26. The molecule has 0 aromatic heterocycles. The summed E-state index contributed by atoms with van der Waals surface area (Å²) in [6, 6.07) is 6.52. The lowest BCUT2D eigenvalue weighted by atomic mass is 10.1. The Balaban J connectivity index is 2.94. The molecule has 2 N–H and O–H groups in total. The first kappa shape index (κ1) is 13.8. The monoisotopic (exact) mass is 250 g/mol. The number of carboxylic acids is 2. The molecule has 0 saturated carbocycles. The minimum Gasteiger partial charge on any atom is -0.491 e. The van der Waals surface area contributed by atoms with E-state index >= 15 is 0 Å². The van der Waals surface area contributed by atoms with E-state index in [2.05, 4.69) is 0 Å². The molecule has 0 atom stereocenters. The Morgan fingerprint density at radius 3 is 2.00 bits per heavy atom. The zero-order valence-electron chi connectivity index (χ0n) is 10.1. The van der Waals surface area contributed by atoms with E-state index in [4.69, 9.17) is 14.9 Å². The molecule has 18 heavy (non-hydrogen) atoms. The number of benzene rings is 1. The van der Waals surface area contributed by atoms with Gasteiger partial charge in [0, 0.05) is 0 Å². The number of hydrogen-bond acceptors (Lipinski definition) is 3. The van der Waals surface area contributed by atoms with Gasteiger partial charge < -0.3 is 14.9 Å². The number of carbonyl (C=O) groups is 2. The van der Waals surface area contributed by atoms with Crippen molar-refractivity contribution in [3.8, 4) is 5.75 Å². The van der Waals surface area contributed by atoms with Crippen LogP contribution in [0.5, 0.6) is 5.75 Å². The number of hydrogen-bond donors (Lipinski definition) is 2. The molecule has 0 amide bonds. The SMILES string of the molecule is CC(C)Oc1ccc(C=C(C(=O)O)C(=O)O)cc1. The van der Waals surface area contributed by atoms with E-state index < -0.39 is 17.5 Å². The van der Waals surface area contributed by atoms with Gasteiger partial charge in [-0.25, -0.2) is 9.59 Å². The smallest absolute Gasteiger partial charge is 0.343 e. The summed E-state index contributed by atoms with van der Waals surface area (Å²) in [6.45, 7) is 3.78. The van der Waals surface area contributed by atoms with Crippen LogP contribution in [0.15, 0.2) is 29.8 Å². The first-order chi connectivity index (χ1) is 8.40. The molecule has 0 radical (unpaired) electrons. The highest BCUT2D eigenvalue weighted by Gasteiger charge is 2.15. The molecule has 0 saturated heterocycles. The van der Waals surface area contributed by atoms with Crippen molar-refractivity contribution in [3.63, 3.8) is 0 Å². The topological polar surface area (TPSA) is 83.8 Å². The second-order valence-corrected chi connectivity index (χ2v) is 3.90. The number of rotatable bonds is 5. The Bertz CT molecular complexity index is 455. The molecule has 0 unspecified atom stereocenters. The van der Waals surface area contributed by atoms with Crippen LogP contribution in [0.1, 0.15) is 19.4 Å². The van der Waals surface area contributed by atoms with Crippen LogP contribution < -0.4 is 4.74 Å². The molecule has 0 aliphatic carbocycles. The highest BCUT2D eigenvalue weighted by molar-refractivity contribution is 6.16. The lowest BCUT2D eigenvalue weighted by Gasteiger charge is -2.09. The average molecular weight is 250 g/mol. The second-order valence-electron chi connectivity index (χ2n) is 3.90. The lowest BCUT2D eigenvalue weighted by Crippen LogP contribution is -2.10. The second kappa shape index (κ2) is 5.86. The first-order valence-electron chi connectivity index (χ1n) is 5.35. The van der Waals surface area contributed by atoms with Gasteiger partial charge in [-0.3, -0.25) is 0 Å². The predicted molar refractivity (Wildman–Crippen MR) is 65.5 cm³/mol. The number of aliphatic carboxylic acids is 2. The van der Waals surface area contributed by atoms with E-state index in [0.717, 1.165) is 6.08 Å². The Morgan fingerprint density at radius 1 is 1.11 bits per heavy atom. The summed E-state index contributed by atoms with van der Waals surface area (Å²) in [5.74, 6) is -2.29. The maximum Gasteiger partial charge on any atom is 0.343 e. The quantitative estimate of drug-likeness (QED) is 0.474. The Labute approximate surface area is 104 Å². The molecule has 1 aromatic rings. The first-order valence-corrected chi connectivity index (χ1v) is 5.35. The zero-order valence-corrected chi connectivity index (χ0v) is 10.1. The molecule has 0 aliphatic heterocycles. The minimum atomic E-state index is -1.47. The van der Waals surface area contributed by atoms with Crippen molar-refractivity contribution in [2.45, 2.75) is 20.0 Å². The lowest BCUT2D eigenvalue weighted by molar-refractivity contribution is -0.140. The summed E-state index contributed by atoms with van der Waals surface area (Å²) in [5, 5.41) is 17.4. The van der Waals surface area contributed by atoms with Gasteiger partial charge in [0.15, 0.2) is 0 Å². The highest BCUT2D eigenvalue weighted by atomic mass is 16.5. The van der Waals surface area contributed by atoms with Crippen molar-refractivity contribution in [1.82, 2.24) is 0 Å². The molecule has 1 aromatic carbocycles. The van der Waals surface area contributed by atoms with E-state index in [1.807, 2.05) is 13.8 Å². The summed E-state index contributed by atoms with van der Waals surface area (Å²) in [4.78, 5) is 21.4. The van der Waals surface area contributed by atoms with Gasteiger partial charge in [0.2, 0.25) is 0 Å². The van der Waals surface area contributed by atoms with E-state index in [1.54, 1.807) is 24.3 Å². The number of carboxylic acid groups (broad SMARTS) is 2. The van der Waals surface area contributed by atoms with Gasteiger partial charge in [-0.2, -0.15) is 0 Å². The standard InChI is InChI=1S/C13H14O5/c1-8(2)18-10-5-3-9(4-6-10)7-11(12(14)15)13(16)17/h3-8H,1-2H3,(H,14,15)(H,16,17). The largest absolute Gasteiger partial charge is 0.491 e. The highest BCUT2D eigenvalue weighted by Crippen LogP contribution is 2.16. The van der Waals surface area contributed by atoms with Crippen molar-refractivity contribution in [1.29, 1.82) is 0 Å². The van der Waals surface area contributed by atoms with Crippen LogP contribution in [-0.2, 0) is 9.59 Å². The maximum atomic E-state index is 10.7. The Kier molecular flexibility index (Phi) is 4.48. The molecule has 0 fully saturated rings. The molecule has 0 spiro atoms. The van der Waals surface area contributed by atoms with Gasteiger partial charge in [0.25, 0.3) is 0 Å². The third-order valence-corrected chi connectivity index (χ3v) is 2.02. The van der Waals surface area contributed by atoms with Crippen LogP contribution in [0.3, 0.4) is 0 Å². The van der Waals surface area contributed by atoms with Gasteiger partial charge in [-0.15, -0.1) is 0 Å². The van der Waals surface area contributed by atoms with Gasteiger partial charge >= 0.3 is 11.9 Å². The zero-order chi connectivity index (χ0) is 13.7. The van der Waals surface area contributed by atoms with E-state index in [1.165, 1.54) is 0 Å². The third-order valence-electron chi connectivity index (χ3n) is 2.02. The molecule has 5 heteroatoms. The normalized spacial score (nSPS) is 9.94. The van der Waals surface area contributed by atoms with Crippen molar-refractivity contribution in [2.75, 3.05) is 0 Å². The molecular formula is C13H14O5. The van der Waals surface area contributed by atoms with E-state index in [-0.39, 0.29) is 6.10 Å². The molecule has 5 nitrogen and oxygen atoms in total. The van der Waals surface area contributed by atoms with Crippen LogP contribution in [0.25, 0.3) is 6.08 Å². The molecule has 0 heterocycles. The maximum absolute atomic E-state index is 10.7. The van der Waals surface area contributed by atoms with E-state index in [9.17, 15) is 9.59 Å². The summed E-state index contributed by atoms with van der Waals surface area (Å²) < 4.78 is 5.42. The minimum absolute atomic E-state index is 0.0417. The number of ether oxygens (including phenoxy) is 1. The van der Waals surface area contributed by atoms with Crippen LogP contribution in [0, 0.1) is 0 Å². The van der Waals surface area contributed by atoms with Crippen LogP contribution in [0.2, 0.25) is 0 Å². The van der Waals surface area contributed by atoms with Crippen LogP contribution >= 0.6 is 0 Å². The van der Waals surface area contributed by atoms with Crippen molar-refractivity contribution in [2.24, 2.45) is 0 Å². The molecule has 0 aliphatic rings. The molecule has 96 valence electrons. The summed E-state index contributed by atoms with van der Waals surface area (Å²) >= 11 is 0. The molecule has 0 bridgehead atoms. The predicted octanol–water partition coefficient (Wildman–Crippen LogP) is 2.03. The van der Waals surface area contributed by atoms with E-state index in [0.29, 0.717) is 11.3 Å². The fourth-order valence-electron chi connectivity index (χ4n) is 1.30. The summed E-state index contributed by atoms with van der Waals surface area (Å²) in [6.07, 6.45) is 1.14. The van der Waals surface area contributed by atoms with Gasteiger partial charge in [0.05, 0.1) is 6.10 Å². The van der Waals surface area contributed by atoms with Crippen molar-refractivity contribution in [3.05, 3.63) is 35.4 Å². The van der Waals surface area contributed by atoms with Crippen molar-refractivity contribution < 1.29 is 24.5 Å². The fourth-order valence-corrected chi connectivity index (χ4v) is 1.30. The van der Waals surface area contributed by atoms with Gasteiger partial charge in [0.1, 0.15) is 11.3 Å². The third kappa shape index (κ3) is 3.93. The van der Waals surface area contributed by atoms with Gasteiger partial charge in [-0.1, -0.05) is 12.1 Å². The summed E-state index contributed by atoms with van der Waals surface area (Å²) in [5.41, 5.74) is -0.182. The van der Waals surface area contributed by atoms with Crippen LogP contribution in [0.4, 0.5) is 0 Å². The summed E-state index contributed by atoms with van der Waals surface area (Å²) in [7, 11) is 0. The molecular weight excluding hydrogens is 236 g/mol.